The lowest BCUT2D eigenvalue weighted by atomic mass is 10.9. The van der Waals surface area contributed by atoms with E-state index in [0.29, 0.717) is 17.0 Å². The van der Waals surface area contributed by atoms with E-state index in [-0.39, 0.29) is 0 Å². The lowest BCUT2D eigenvalue weighted by Gasteiger charge is -2.09. The summed E-state index contributed by atoms with van der Waals surface area (Å²) in [5.41, 5.74) is 7.44. The Hall–Kier alpha value is -1.15. The second-order valence-corrected chi connectivity index (χ2v) is 4.45. The fourth-order valence-corrected chi connectivity index (χ4v) is 1.99. The Morgan fingerprint density at radius 1 is 1.64 bits per heavy atom. The highest BCUT2D eigenvalue weighted by molar-refractivity contribution is 8.12. The third-order valence-electron chi connectivity index (χ3n) is 1.45. The average Bonchev–Trinajstić information content (AvgIpc) is 2.75. The van der Waals surface area contributed by atoms with Gasteiger partial charge in [0.1, 0.15) is 5.01 Å². The number of hydrogen-bond acceptors (Lipinski definition) is 6. The van der Waals surface area contributed by atoms with Gasteiger partial charge in [-0.25, -0.2) is 5.01 Å². The Morgan fingerprint density at radius 3 is 3.07 bits per heavy atom. The average molecular weight is 228 g/mol. The van der Waals surface area contributed by atoms with Crippen LogP contribution in [-0.4, -0.2) is 32.6 Å². The predicted molar refractivity (Wildman–Crippen MR) is 58.7 cm³/mol. The zero-order chi connectivity index (χ0) is 9.97. The van der Waals surface area contributed by atoms with Gasteiger partial charge in [0.05, 0.1) is 11.4 Å². The smallest absolute Gasteiger partial charge is 0.234 e. The van der Waals surface area contributed by atoms with Crippen LogP contribution < -0.4 is 5.73 Å². The molecule has 1 aromatic rings. The van der Waals surface area contributed by atoms with Crippen molar-refractivity contribution in [2.45, 2.75) is 6.92 Å². The quantitative estimate of drug-likeness (QED) is 0.566. The molecule has 0 aromatic carbocycles. The van der Waals surface area contributed by atoms with Crippen LogP contribution in [-0.2, 0) is 0 Å². The minimum absolute atomic E-state index is 0.349. The van der Waals surface area contributed by atoms with Crippen LogP contribution in [0, 0.1) is 6.92 Å². The molecule has 14 heavy (non-hydrogen) atoms. The molecule has 0 spiro atoms. The van der Waals surface area contributed by atoms with Crippen molar-refractivity contribution in [2.24, 2.45) is 15.8 Å². The number of guanidine groups is 1. The molecule has 0 unspecified atom stereocenters. The summed E-state index contributed by atoms with van der Waals surface area (Å²) < 4.78 is 0. The molecule has 74 valence electrons. The lowest BCUT2D eigenvalue weighted by Crippen LogP contribution is -2.30. The summed E-state index contributed by atoms with van der Waals surface area (Å²) in [5, 5.41) is 14.7. The third kappa shape index (κ3) is 2.02. The van der Waals surface area contributed by atoms with Gasteiger partial charge < -0.3 is 5.73 Å². The maximum atomic E-state index is 5.71. The highest BCUT2D eigenvalue weighted by atomic mass is 32.2. The van der Waals surface area contributed by atoms with Gasteiger partial charge in [-0.05, 0) is 6.92 Å². The van der Waals surface area contributed by atoms with Gasteiger partial charge in [-0.3, -0.25) is 0 Å². The van der Waals surface area contributed by atoms with Crippen LogP contribution in [0.25, 0.3) is 0 Å². The molecule has 8 heteroatoms. The van der Waals surface area contributed by atoms with Crippen molar-refractivity contribution in [1.29, 1.82) is 0 Å². The van der Waals surface area contributed by atoms with E-state index in [1.807, 2.05) is 6.92 Å². The highest BCUT2D eigenvalue weighted by Crippen LogP contribution is 2.18. The standard InChI is InChI=1S/C6H8N6S2/c1-4-10-11-6(14-4)9-5(7)12-3-13-2-8-12/h2H,3H2,1H3,(H2,7,9,11). The van der Waals surface area contributed by atoms with Gasteiger partial charge in [-0.15, -0.1) is 10.2 Å². The summed E-state index contributed by atoms with van der Waals surface area (Å²) in [5.74, 6) is 1.05. The van der Waals surface area contributed by atoms with E-state index in [4.69, 9.17) is 5.73 Å². The minimum Gasteiger partial charge on any atom is -0.368 e. The molecule has 1 aliphatic rings. The lowest BCUT2D eigenvalue weighted by molar-refractivity contribution is 0.530. The number of nitrogens with two attached hydrogens (primary N) is 1. The van der Waals surface area contributed by atoms with Crippen molar-refractivity contribution in [3.05, 3.63) is 5.01 Å². The summed E-state index contributed by atoms with van der Waals surface area (Å²) in [6.07, 6.45) is 0. The summed E-state index contributed by atoms with van der Waals surface area (Å²) in [6, 6.07) is 0. The molecule has 2 heterocycles. The van der Waals surface area contributed by atoms with E-state index in [9.17, 15) is 0 Å². The number of hydrazone groups is 1. The molecule has 1 aliphatic heterocycles. The van der Waals surface area contributed by atoms with Gasteiger partial charge in [0.15, 0.2) is 0 Å². The van der Waals surface area contributed by atoms with E-state index < -0.39 is 0 Å². The SMILES string of the molecule is Cc1nnc(N=C(N)N2CSC=N2)s1. The number of nitrogens with zero attached hydrogens (tertiary/aromatic N) is 5. The van der Waals surface area contributed by atoms with Gasteiger partial charge in [-0.2, -0.15) is 10.1 Å². The fourth-order valence-electron chi connectivity index (χ4n) is 0.840. The van der Waals surface area contributed by atoms with Crippen LogP contribution in [0.2, 0.25) is 0 Å². The van der Waals surface area contributed by atoms with Crippen molar-refractivity contribution in [3.63, 3.8) is 0 Å². The van der Waals surface area contributed by atoms with Gasteiger partial charge in [0.25, 0.3) is 0 Å². The molecule has 0 amide bonds. The second-order valence-electron chi connectivity index (χ2n) is 2.49. The van der Waals surface area contributed by atoms with Crippen LogP contribution >= 0.6 is 23.1 Å². The van der Waals surface area contributed by atoms with E-state index >= 15 is 0 Å². The number of hydrogen-bond donors (Lipinski definition) is 1. The summed E-state index contributed by atoms with van der Waals surface area (Å²) in [6.45, 7) is 1.87. The maximum absolute atomic E-state index is 5.71. The molecule has 1 aromatic heterocycles. The predicted octanol–water partition coefficient (Wildman–Crippen LogP) is 0.742. The monoisotopic (exact) mass is 228 g/mol. The number of rotatable bonds is 1. The van der Waals surface area contributed by atoms with Crippen molar-refractivity contribution in [1.82, 2.24) is 15.2 Å². The molecule has 0 saturated carbocycles. The van der Waals surface area contributed by atoms with Gasteiger partial charge in [0, 0.05) is 0 Å². The molecule has 2 rings (SSSR count). The molecule has 0 bridgehead atoms. The van der Waals surface area contributed by atoms with Crippen LogP contribution in [0.5, 0.6) is 0 Å². The molecule has 0 atom stereocenters. The van der Waals surface area contributed by atoms with Crippen LogP contribution in [0.4, 0.5) is 5.13 Å². The Kier molecular flexibility index (Phi) is 2.64. The van der Waals surface area contributed by atoms with E-state index in [2.05, 4.69) is 20.3 Å². The molecular weight excluding hydrogens is 220 g/mol. The van der Waals surface area contributed by atoms with Crippen molar-refractivity contribution >= 4 is 39.7 Å². The van der Waals surface area contributed by atoms with Gasteiger partial charge in [0.2, 0.25) is 11.1 Å². The minimum atomic E-state index is 0.349. The summed E-state index contributed by atoms with van der Waals surface area (Å²) in [4.78, 5) is 4.10. The highest BCUT2D eigenvalue weighted by Gasteiger charge is 2.11. The van der Waals surface area contributed by atoms with Crippen LogP contribution in [0.15, 0.2) is 10.1 Å². The maximum Gasteiger partial charge on any atom is 0.234 e. The van der Waals surface area contributed by atoms with Gasteiger partial charge in [-0.1, -0.05) is 23.1 Å². The first-order chi connectivity index (χ1) is 6.75. The first-order valence-electron chi connectivity index (χ1n) is 3.81. The molecular formula is C6H8N6S2. The first-order valence-corrected chi connectivity index (χ1v) is 5.68. The number of thioether (sulfide) groups is 1. The molecule has 0 saturated heterocycles. The van der Waals surface area contributed by atoms with Crippen LogP contribution in [0.1, 0.15) is 5.01 Å². The third-order valence-corrected chi connectivity index (χ3v) is 2.82. The normalized spacial score (nSPS) is 16.6. The Bertz CT molecular complexity index is 383. The number of aromatic nitrogens is 2. The summed E-state index contributed by atoms with van der Waals surface area (Å²) in [7, 11) is 0. The van der Waals surface area contributed by atoms with Crippen molar-refractivity contribution < 1.29 is 0 Å². The van der Waals surface area contributed by atoms with Crippen molar-refractivity contribution in [3.8, 4) is 0 Å². The molecule has 2 N–H and O–H groups in total. The Morgan fingerprint density at radius 2 is 2.50 bits per heavy atom. The first kappa shape index (κ1) is 9.41. The molecule has 0 aliphatic carbocycles. The molecule has 6 nitrogen and oxygen atoms in total. The topological polar surface area (TPSA) is 79.8 Å². The van der Waals surface area contributed by atoms with E-state index in [1.54, 1.807) is 22.3 Å². The van der Waals surface area contributed by atoms with Gasteiger partial charge >= 0.3 is 0 Å². The second kappa shape index (κ2) is 3.93. The zero-order valence-corrected chi connectivity index (χ0v) is 9.05. The van der Waals surface area contributed by atoms with Crippen molar-refractivity contribution in [2.75, 3.05) is 5.88 Å². The van der Waals surface area contributed by atoms with E-state index in [1.165, 1.54) is 11.3 Å². The van der Waals surface area contributed by atoms with Crippen LogP contribution in [0.3, 0.4) is 0 Å². The summed E-state index contributed by atoms with van der Waals surface area (Å²) >= 11 is 2.97. The fraction of sp³-hybridized carbons (Fsp3) is 0.333. The van der Waals surface area contributed by atoms with E-state index in [0.717, 1.165) is 5.01 Å². The number of aryl methyl sites for hydroxylation is 1. The zero-order valence-electron chi connectivity index (χ0n) is 7.41. The number of aliphatic imine (C=N–C) groups is 1. The molecule has 0 fully saturated rings. The molecule has 0 radical (unpaired) electrons. The largest absolute Gasteiger partial charge is 0.368 e. The Balaban J connectivity index is 2.13. The Labute approximate surface area is 88.9 Å².